The van der Waals surface area contributed by atoms with Gasteiger partial charge in [-0.3, -0.25) is 0 Å². The van der Waals surface area contributed by atoms with Crippen LogP contribution in [0, 0.1) is 0 Å². The van der Waals surface area contributed by atoms with Crippen LogP contribution >= 0.6 is 0 Å². The van der Waals surface area contributed by atoms with Crippen LogP contribution in [0.1, 0.15) is 0 Å². The van der Waals surface area contributed by atoms with Gasteiger partial charge in [-0.2, -0.15) is 0 Å². The van der Waals surface area contributed by atoms with Crippen LogP contribution < -0.4 is 17.2 Å². The molecule has 0 radical (unpaired) electrons. The van der Waals surface area contributed by atoms with Gasteiger partial charge in [0.25, 0.3) is 0 Å². The zero-order valence-electron chi connectivity index (χ0n) is 8.27. The summed E-state index contributed by atoms with van der Waals surface area (Å²) in [6.07, 6.45) is 0. The Morgan fingerprint density at radius 1 is 0.667 bits per heavy atom. The average molecular weight is 199 g/mol. The molecule has 0 heterocycles. The van der Waals surface area contributed by atoms with Crippen molar-refractivity contribution in [3.05, 3.63) is 42.5 Å². The maximum atomic E-state index is 5.89. The van der Waals surface area contributed by atoms with Crippen LogP contribution in [-0.4, -0.2) is 0 Å². The van der Waals surface area contributed by atoms with E-state index in [1.807, 2.05) is 36.4 Å². The minimum absolute atomic E-state index is 0.646. The highest BCUT2D eigenvalue weighted by Gasteiger charge is 2.05. The van der Waals surface area contributed by atoms with E-state index >= 15 is 0 Å². The summed E-state index contributed by atoms with van der Waals surface area (Å²) in [4.78, 5) is 0. The van der Waals surface area contributed by atoms with Crippen LogP contribution in [0.15, 0.2) is 42.5 Å². The number of para-hydroxylation sites is 1. The molecule has 0 aliphatic heterocycles. The van der Waals surface area contributed by atoms with E-state index in [4.69, 9.17) is 17.2 Å². The zero-order valence-corrected chi connectivity index (χ0v) is 8.27. The molecule has 3 heteroatoms. The molecule has 3 nitrogen and oxygen atoms in total. The first-order chi connectivity index (χ1) is 7.18. The molecule has 0 aliphatic rings. The third-order valence-corrected chi connectivity index (χ3v) is 2.33. The van der Waals surface area contributed by atoms with Crippen molar-refractivity contribution in [2.45, 2.75) is 0 Å². The summed E-state index contributed by atoms with van der Waals surface area (Å²) in [6.45, 7) is 0. The van der Waals surface area contributed by atoms with Gasteiger partial charge in [-0.25, -0.2) is 0 Å². The summed E-state index contributed by atoms with van der Waals surface area (Å²) in [7, 11) is 0. The van der Waals surface area contributed by atoms with E-state index < -0.39 is 0 Å². The lowest BCUT2D eigenvalue weighted by molar-refractivity contribution is 1.60. The quantitative estimate of drug-likeness (QED) is 0.615. The van der Waals surface area contributed by atoms with Crippen molar-refractivity contribution < 1.29 is 0 Å². The largest absolute Gasteiger partial charge is 0.399 e. The van der Waals surface area contributed by atoms with Gasteiger partial charge in [-0.05, 0) is 18.2 Å². The number of rotatable bonds is 1. The topological polar surface area (TPSA) is 78.1 Å². The Hall–Kier alpha value is -2.16. The first kappa shape index (κ1) is 9.40. The molecule has 2 aromatic rings. The van der Waals surface area contributed by atoms with Gasteiger partial charge in [0.15, 0.2) is 0 Å². The Bertz CT molecular complexity index is 492. The first-order valence-corrected chi connectivity index (χ1v) is 4.68. The minimum atomic E-state index is 0.646. The van der Waals surface area contributed by atoms with E-state index in [1.165, 1.54) is 0 Å². The van der Waals surface area contributed by atoms with Crippen LogP contribution in [0.2, 0.25) is 0 Å². The number of hydrogen-bond acceptors (Lipinski definition) is 3. The third kappa shape index (κ3) is 1.72. The molecule has 0 aromatic heterocycles. The SMILES string of the molecule is Nc1ccc(-c2ccccc2N)c(N)c1. The van der Waals surface area contributed by atoms with Crippen molar-refractivity contribution in [3.63, 3.8) is 0 Å². The molecule has 0 spiro atoms. The van der Waals surface area contributed by atoms with E-state index in [2.05, 4.69) is 0 Å². The van der Waals surface area contributed by atoms with Gasteiger partial charge in [0.2, 0.25) is 0 Å². The number of benzene rings is 2. The fourth-order valence-corrected chi connectivity index (χ4v) is 1.57. The number of nitrogen functional groups attached to an aromatic ring is 3. The monoisotopic (exact) mass is 199 g/mol. The predicted molar refractivity (Wildman–Crippen MR) is 65.1 cm³/mol. The highest BCUT2D eigenvalue weighted by molar-refractivity contribution is 5.85. The molecule has 0 unspecified atom stereocenters. The molecule has 0 aliphatic carbocycles. The molecule has 76 valence electrons. The molecule has 0 fully saturated rings. The summed E-state index contributed by atoms with van der Waals surface area (Å²) >= 11 is 0. The van der Waals surface area contributed by atoms with E-state index in [-0.39, 0.29) is 0 Å². The standard InChI is InChI=1S/C12H13N3/c13-8-5-6-10(12(15)7-8)9-3-1-2-4-11(9)14/h1-7H,13-15H2. The van der Waals surface area contributed by atoms with Crippen LogP contribution in [0.3, 0.4) is 0 Å². The van der Waals surface area contributed by atoms with Gasteiger partial charge in [0.05, 0.1) is 0 Å². The van der Waals surface area contributed by atoms with Crippen molar-refractivity contribution >= 4 is 17.1 Å². The van der Waals surface area contributed by atoms with Crippen LogP contribution in [0.5, 0.6) is 0 Å². The third-order valence-electron chi connectivity index (χ3n) is 2.33. The summed E-state index contributed by atoms with van der Waals surface area (Å²) < 4.78 is 0. The average Bonchev–Trinajstić information content (AvgIpc) is 2.20. The van der Waals surface area contributed by atoms with Gasteiger partial charge >= 0.3 is 0 Å². The molecular formula is C12H13N3. The second kappa shape index (κ2) is 3.53. The normalized spacial score (nSPS) is 10.1. The fourth-order valence-electron chi connectivity index (χ4n) is 1.57. The second-order valence-corrected chi connectivity index (χ2v) is 3.43. The van der Waals surface area contributed by atoms with Gasteiger partial charge in [0.1, 0.15) is 0 Å². The molecule has 0 saturated carbocycles. The minimum Gasteiger partial charge on any atom is -0.399 e. The molecule has 6 N–H and O–H groups in total. The second-order valence-electron chi connectivity index (χ2n) is 3.43. The molecule has 0 bridgehead atoms. The highest BCUT2D eigenvalue weighted by Crippen LogP contribution is 2.31. The van der Waals surface area contributed by atoms with E-state index in [0.717, 1.165) is 11.1 Å². The Morgan fingerprint density at radius 2 is 1.33 bits per heavy atom. The van der Waals surface area contributed by atoms with Gasteiger partial charge < -0.3 is 17.2 Å². The lowest BCUT2D eigenvalue weighted by Crippen LogP contribution is -1.95. The molecule has 0 atom stereocenters. The number of hydrogen-bond donors (Lipinski definition) is 3. The molecule has 0 amide bonds. The summed E-state index contributed by atoms with van der Waals surface area (Å²) in [5, 5.41) is 0. The van der Waals surface area contributed by atoms with Gasteiger partial charge in [-0.1, -0.05) is 24.3 Å². The van der Waals surface area contributed by atoms with E-state index in [0.29, 0.717) is 17.1 Å². The summed E-state index contributed by atoms with van der Waals surface area (Å²) in [6, 6.07) is 13.1. The molecule has 2 aromatic carbocycles. The lowest BCUT2D eigenvalue weighted by Gasteiger charge is -2.09. The van der Waals surface area contributed by atoms with E-state index in [9.17, 15) is 0 Å². The predicted octanol–water partition coefficient (Wildman–Crippen LogP) is 2.10. The molecule has 2 rings (SSSR count). The summed E-state index contributed by atoms with van der Waals surface area (Å²) in [5.41, 5.74) is 21.3. The highest BCUT2D eigenvalue weighted by atomic mass is 14.6. The van der Waals surface area contributed by atoms with Crippen LogP contribution in [0.25, 0.3) is 11.1 Å². The lowest BCUT2D eigenvalue weighted by atomic mass is 10.0. The van der Waals surface area contributed by atoms with Crippen molar-refractivity contribution in [2.24, 2.45) is 0 Å². The zero-order chi connectivity index (χ0) is 10.8. The van der Waals surface area contributed by atoms with Gasteiger partial charge in [-0.15, -0.1) is 0 Å². The maximum Gasteiger partial charge on any atom is 0.0415 e. The molecular weight excluding hydrogens is 186 g/mol. The Labute approximate surface area is 88.5 Å². The number of nitrogens with two attached hydrogens (primary N) is 3. The molecule has 15 heavy (non-hydrogen) atoms. The summed E-state index contributed by atoms with van der Waals surface area (Å²) in [5.74, 6) is 0. The Kier molecular flexibility index (Phi) is 2.21. The van der Waals surface area contributed by atoms with Crippen molar-refractivity contribution in [1.82, 2.24) is 0 Å². The Balaban J connectivity index is 2.60. The maximum absolute atomic E-state index is 5.89. The van der Waals surface area contributed by atoms with Gasteiger partial charge in [0, 0.05) is 28.2 Å². The van der Waals surface area contributed by atoms with Crippen molar-refractivity contribution in [2.75, 3.05) is 17.2 Å². The van der Waals surface area contributed by atoms with E-state index in [1.54, 1.807) is 6.07 Å². The smallest absolute Gasteiger partial charge is 0.0415 e. The fraction of sp³-hybridized carbons (Fsp3) is 0. The van der Waals surface area contributed by atoms with Crippen molar-refractivity contribution in [1.29, 1.82) is 0 Å². The van der Waals surface area contributed by atoms with Crippen LogP contribution in [0.4, 0.5) is 17.1 Å². The first-order valence-electron chi connectivity index (χ1n) is 4.68. The Morgan fingerprint density at radius 3 is 2.00 bits per heavy atom. The number of anilines is 3. The van der Waals surface area contributed by atoms with Crippen molar-refractivity contribution in [3.8, 4) is 11.1 Å². The molecule has 0 saturated heterocycles. The van der Waals surface area contributed by atoms with Crippen LogP contribution in [-0.2, 0) is 0 Å².